The number of carboxylic acids is 1. The molecule has 0 amide bonds. The summed E-state index contributed by atoms with van der Waals surface area (Å²) in [5.41, 5.74) is 3.27. The molecule has 2 nitrogen and oxygen atoms in total. The van der Waals surface area contributed by atoms with Gasteiger partial charge in [0.1, 0.15) is 0 Å². The van der Waals surface area contributed by atoms with Crippen molar-refractivity contribution in [3.63, 3.8) is 0 Å². The molecule has 1 unspecified atom stereocenters. The predicted octanol–water partition coefficient (Wildman–Crippen LogP) is 3.59. The van der Waals surface area contributed by atoms with Crippen molar-refractivity contribution in [1.82, 2.24) is 0 Å². The summed E-state index contributed by atoms with van der Waals surface area (Å²) in [5, 5.41) is 9.23. The van der Waals surface area contributed by atoms with E-state index in [-0.39, 0.29) is 5.92 Å². The first-order valence-electron chi connectivity index (χ1n) is 5.98. The lowest BCUT2D eigenvalue weighted by Crippen LogP contribution is -2.17. The molecule has 92 valence electrons. The molecular formula is C15H20O2. The number of allylic oxidation sites excluding steroid dienone is 1. The Bertz CT molecular complexity index is 407. The minimum atomic E-state index is -0.733. The molecule has 1 rings (SSSR count). The van der Waals surface area contributed by atoms with Gasteiger partial charge in [0.15, 0.2) is 0 Å². The van der Waals surface area contributed by atoms with Gasteiger partial charge in [0.25, 0.3) is 0 Å². The molecule has 2 heteroatoms. The van der Waals surface area contributed by atoms with E-state index >= 15 is 0 Å². The smallest absolute Gasteiger partial charge is 0.307 e. The summed E-state index contributed by atoms with van der Waals surface area (Å²) in [6, 6.07) is 7.94. The van der Waals surface area contributed by atoms with E-state index in [1.807, 2.05) is 38.1 Å². The largest absolute Gasteiger partial charge is 0.481 e. The van der Waals surface area contributed by atoms with E-state index in [0.717, 1.165) is 23.1 Å². The Morgan fingerprint density at radius 3 is 2.59 bits per heavy atom. The Morgan fingerprint density at radius 1 is 1.41 bits per heavy atom. The van der Waals surface area contributed by atoms with Crippen LogP contribution >= 0.6 is 0 Å². The summed E-state index contributed by atoms with van der Waals surface area (Å²) in [6.07, 6.45) is 2.00. The summed E-state index contributed by atoms with van der Waals surface area (Å²) in [5.74, 6) is -1.09. The van der Waals surface area contributed by atoms with Gasteiger partial charge in [-0.05, 0) is 37.3 Å². The number of carbonyl (C=O) groups is 1. The quantitative estimate of drug-likeness (QED) is 0.761. The highest BCUT2D eigenvalue weighted by Gasteiger charge is 2.19. The molecule has 0 aliphatic heterocycles. The Morgan fingerprint density at radius 2 is 2.06 bits per heavy atom. The average Bonchev–Trinajstić information content (AvgIpc) is 2.30. The lowest BCUT2D eigenvalue weighted by atomic mass is 9.90. The van der Waals surface area contributed by atoms with Gasteiger partial charge in [0, 0.05) is 0 Å². The summed E-state index contributed by atoms with van der Waals surface area (Å²) >= 11 is 0. The molecule has 1 aromatic carbocycles. The summed E-state index contributed by atoms with van der Waals surface area (Å²) in [6.45, 7) is 7.92. The highest BCUT2D eigenvalue weighted by molar-refractivity contribution is 5.70. The lowest BCUT2D eigenvalue weighted by molar-refractivity contribution is -0.141. The van der Waals surface area contributed by atoms with Crippen molar-refractivity contribution in [3.05, 3.63) is 47.5 Å². The molecule has 17 heavy (non-hydrogen) atoms. The molecule has 0 aliphatic carbocycles. The van der Waals surface area contributed by atoms with E-state index in [4.69, 9.17) is 0 Å². The number of benzene rings is 1. The topological polar surface area (TPSA) is 37.3 Å². The third kappa shape index (κ3) is 4.06. The van der Waals surface area contributed by atoms with Crippen LogP contribution in [0.5, 0.6) is 0 Å². The second-order valence-corrected chi connectivity index (χ2v) is 4.47. The molecule has 1 N–H and O–H groups in total. The Kier molecular flexibility index (Phi) is 4.95. The molecule has 0 radical (unpaired) electrons. The molecule has 0 fully saturated rings. The Labute approximate surface area is 103 Å². The predicted molar refractivity (Wildman–Crippen MR) is 70.1 cm³/mol. The fourth-order valence-corrected chi connectivity index (χ4v) is 1.84. The molecule has 0 saturated carbocycles. The fraction of sp³-hybridized carbons (Fsp3) is 0.400. The van der Waals surface area contributed by atoms with Gasteiger partial charge in [-0.3, -0.25) is 4.79 Å². The molecule has 1 atom stereocenters. The minimum absolute atomic E-state index is 0.358. The van der Waals surface area contributed by atoms with Crippen LogP contribution in [0.25, 0.3) is 0 Å². The van der Waals surface area contributed by atoms with Gasteiger partial charge >= 0.3 is 5.97 Å². The standard InChI is InChI=1S/C15H20O2/c1-4-11(2)9-14(15(16)17)10-13-8-6-5-7-12(13)3/h5-8,14H,2,4,9-10H2,1,3H3,(H,16,17). The van der Waals surface area contributed by atoms with Crippen LogP contribution < -0.4 is 0 Å². The maximum atomic E-state index is 11.2. The summed E-state index contributed by atoms with van der Waals surface area (Å²) in [4.78, 5) is 11.2. The first kappa shape index (κ1) is 13.5. The van der Waals surface area contributed by atoms with E-state index in [1.54, 1.807) is 0 Å². The van der Waals surface area contributed by atoms with Crippen molar-refractivity contribution in [2.45, 2.75) is 33.1 Å². The molecule has 0 spiro atoms. The Hall–Kier alpha value is -1.57. The molecule has 0 aliphatic rings. The first-order valence-corrected chi connectivity index (χ1v) is 5.98. The number of rotatable bonds is 6. The van der Waals surface area contributed by atoms with Crippen LogP contribution in [0.2, 0.25) is 0 Å². The Balaban J connectivity index is 2.77. The van der Waals surface area contributed by atoms with Crippen molar-refractivity contribution >= 4 is 5.97 Å². The average molecular weight is 232 g/mol. The first-order chi connectivity index (χ1) is 8.04. The van der Waals surface area contributed by atoms with Crippen molar-refractivity contribution in [2.24, 2.45) is 5.92 Å². The van der Waals surface area contributed by atoms with Crippen LogP contribution in [0, 0.1) is 12.8 Å². The van der Waals surface area contributed by atoms with E-state index < -0.39 is 5.97 Å². The maximum Gasteiger partial charge on any atom is 0.307 e. The van der Waals surface area contributed by atoms with Gasteiger partial charge in [-0.15, -0.1) is 0 Å². The van der Waals surface area contributed by atoms with Crippen LogP contribution in [0.3, 0.4) is 0 Å². The van der Waals surface area contributed by atoms with Gasteiger partial charge < -0.3 is 5.11 Å². The lowest BCUT2D eigenvalue weighted by Gasteiger charge is -2.14. The van der Waals surface area contributed by atoms with E-state index in [9.17, 15) is 9.90 Å². The fourth-order valence-electron chi connectivity index (χ4n) is 1.84. The third-order valence-corrected chi connectivity index (χ3v) is 3.11. The van der Waals surface area contributed by atoms with Gasteiger partial charge in [-0.25, -0.2) is 0 Å². The molecule has 0 aromatic heterocycles. The number of hydrogen-bond donors (Lipinski definition) is 1. The van der Waals surface area contributed by atoms with Gasteiger partial charge in [-0.2, -0.15) is 0 Å². The number of carboxylic acid groups (broad SMARTS) is 1. The number of aliphatic carboxylic acids is 1. The van der Waals surface area contributed by atoms with Crippen molar-refractivity contribution in [1.29, 1.82) is 0 Å². The van der Waals surface area contributed by atoms with Crippen LogP contribution in [0.15, 0.2) is 36.4 Å². The van der Waals surface area contributed by atoms with E-state index in [1.165, 1.54) is 0 Å². The highest BCUT2D eigenvalue weighted by atomic mass is 16.4. The summed E-state index contributed by atoms with van der Waals surface area (Å²) in [7, 11) is 0. The summed E-state index contributed by atoms with van der Waals surface area (Å²) < 4.78 is 0. The molecule has 0 heterocycles. The molecule has 1 aromatic rings. The van der Waals surface area contributed by atoms with E-state index in [0.29, 0.717) is 12.8 Å². The van der Waals surface area contributed by atoms with Gasteiger partial charge in [-0.1, -0.05) is 43.3 Å². The minimum Gasteiger partial charge on any atom is -0.481 e. The molecule has 0 bridgehead atoms. The second-order valence-electron chi connectivity index (χ2n) is 4.47. The second kappa shape index (κ2) is 6.24. The monoisotopic (exact) mass is 232 g/mol. The molecular weight excluding hydrogens is 212 g/mol. The van der Waals surface area contributed by atoms with Crippen molar-refractivity contribution in [2.75, 3.05) is 0 Å². The van der Waals surface area contributed by atoms with Crippen LogP contribution in [0.4, 0.5) is 0 Å². The van der Waals surface area contributed by atoms with Crippen LogP contribution in [-0.2, 0) is 11.2 Å². The van der Waals surface area contributed by atoms with Crippen molar-refractivity contribution in [3.8, 4) is 0 Å². The number of aryl methyl sites for hydroxylation is 1. The maximum absolute atomic E-state index is 11.2. The zero-order chi connectivity index (χ0) is 12.8. The number of hydrogen-bond acceptors (Lipinski definition) is 1. The van der Waals surface area contributed by atoms with Crippen LogP contribution in [0.1, 0.15) is 30.9 Å². The highest BCUT2D eigenvalue weighted by Crippen LogP contribution is 2.20. The third-order valence-electron chi connectivity index (χ3n) is 3.11. The van der Waals surface area contributed by atoms with Gasteiger partial charge in [0.2, 0.25) is 0 Å². The normalized spacial score (nSPS) is 12.1. The zero-order valence-electron chi connectivity index (χ0n) is 10.6. The zero-order valence-corrected chi connectivity index (χ0v) is 10.6. The van der Waals surface area contributed by atoms with Crippen LogP contribution in [-0.4, -0.2) is 11.1 Å². The van der Waals surface area contributed by atoms with Crippen molar-refractivity contribution < 1.29 is 9.90 Å². The SMILES string of the molecule is C=C(CC)CC(Cc1ccccc1C)C(=O)O. The molecule has 0 saturated heterocycles. The van der Waals surface area contributed by atoms with Gasteiger partial charge in [0.05, 0.1) is 5.92 Å². The van der Waals surface area contributed by atoms with E-state index in [2.05, 4.69) is 6.58 Å².